The van der Waals surface area contributed by atoms with E-state index in [0.717, 1.165) is 5.56 Å². The summed E-state index contributed by atoms with van der Waals surface area (Å²) in [5, 5.41) is 3.20. The summed E-state index contributed by atoms with van der Waals surface area (Å²) in [7, 11) is 0. The van der Waals surface area contributed by atoms with E-state index in [1.165, 1.54) is 6.08 Å². The molecular formula is C18H19ClN2O3. The molecule has 2 rings (SSSR count). The van der Waals surface area contributed by atoms with E-state index >= 15 is 0 Å². The van der Waals surface area contributed by atoms with Crippen molar-refractivity contribution in [2.75, 3.05) is 25.1 Å². The van der Waals surface area contributed by atoms with Crippen molar-refractivity contribution in [2.45, 2.75) is 6.92 Å². The van der Waals surface area contributed by atoms with Crippen LogP contribution in [0.2, 0.25) is 5.02 Å². The van der Waals surface area contributed by atoms with Crippen LogP contribution in [0, 0.1) is 0 Å². The second kappa shape index (κ2) is 9.70. The van der Waals surface area contributed by atoms with Crippen LogP contribution in [0.25, 0.3) is 6.08 Å². The van der Waals surface area contributed by atoms with Crippen LogP contribution < -0.4 is 10.1 Å². The number of carbonyl (C=O) groups is 1. The zero-order chi connectivity index (χ0) is 17.2. The summed E-state index contributed by atoms with van der Waals surface area (Å²) in [6, 6.07) is 8.82. The number of hydrogen-bond acceptors (Lipinski definition) is 4. The highest BCUT2D eigenvalue weighted by atomic mass is 35.5. The number of carbonyl (C=O) groups excluding carboxylic acids is 1. The molecule has 24 heavy (non-hydrogen) atoms. The van der Waals surface area contributed by atoms with Gasteiger partial charge in [0.2, 0.25) is 5.91 Å². The molecule has 0 fully saturated rings. The van der Waals surface area contributed by atoms with Crippen molar-refractivity contribution in [3.05, 3.63) is 59.4 Å². The molecule has 5 nitrogen and oxygen atoms in total. The van der Waals surface area contributed by atoms with E-state index in [0.29, 0.717) is 36.3 Å². The van der Waals surface area contributed by atoms with Gasteiger partial charge in [0.15, 0.2) is 5.75 Å². The molecule has 0 aliphatic carbocycles. The zero-order valence-corrected chi connectivity index (χ0v) is 14.1. The third kappa shape index (κ3) is 5.68. The van der Waals surface area contributed by atoms with E-state index in [2.05, 4.69) is 10.3 Å². The Bertz CT molecular complexity index is 690. The normalized spacial score (nSPS) is 10.8. The molecule has 6 heteroatoms. The highest BCUT2D eigenvalue weighted by molar-refractivity contribution is 6.32. The Hall–Kier alpha value is -2.37. The van der Waals surface area contributed by atoms with E-state index in [9.17, 15) is 4.79 Å². The largest absolute Gasteiger partial charge is 0.487 e. The number of amides is 1. The maximum absolute atomic E-state index is 12.1. The van der Waals surface area contributed by atoms with Gasteiger partial charge in [-0.25, -0.2) is 0 Å². The van der Waals surface area contributed by atoms with Gasteiger partial charge in [-0.1, -0.05) is 17.7 Å². The average Bonchev–Trinajstić information content (AvgIpc) is 2.60. The predicted octanol–water partition coefficient (Wildman–Crippen LogP) is 3.80. The number of aromatic nitrogens is 1. The summed E-state index contributed by atoms with van der Waals surface area (Å²) in [6.45, 7) is 3.34. The molecule has 0 spiro atoms. The Labute approximate surface area is 146 Å². The molecule has 0 unspecified atom stereocenters. The minimum atomic E-state index is -0.274. The summed E-state index contributed by atoms with van der Waals surface area (Å²) in [6.07, 6.45) is 6.48. The number of ether oxygens (including phenoxy) is 2. The Balaban J connectivity index is 2.01. The van der Waals surface area contributed by atoms with Crippen LogP contribution >= 0.6 is 11.6 Å². The lowest BCUT2D eigenvalue weighted by Gasteiger charge is -2.13. The average molecular weight is 347 g/mol. The maximum Gasteiger partial charge on any atom is 0.248 e. The van der Waals surface area contributed by atoms with E-state index in [1.54, 1.807) is 36.7 Å². The van der Waals surface area contributed by atoms with E-state index < -0.39 is 0 Å². The molecule has 1 aromatic heterocycles. The molecule has 1 N–H and O–H groups in total. The third-order valence-corrected chi connectivity index (χ3v) is 3.33. The standard InChI is InChI=1S/C18H19ClN2O3/c1-2-23-12-13-24-18-15(19)4-3-5-16(18)21-17(22)7-6-14-8-10-20-11-9-14/h3-11H,2,12-13H2,1H3,(H,21,22). The van der Waals surface area contributed by atoms with Crippen LogP contribution in [-0.4, -0.2) is 30.7 Å². The van der Waals surface area contributed by atoms with Gasteiger partial charge in [-0.2, -0.15) is 0 Å². The molecule has 1 aromatic carbocycles. The fourth-order valence-electron chi connectivity index (χ4n) is 1.92. The molecule has 0 saturated carbocycles. The predicted molar refractivity (Wildman–Crippen MR) is 95.3 cm³/mol. The van der Waals surface area contributed by atoms with Crippen molar-refractivity contribution in [2.24, 2.45) is 0 Å². The first-order valence-electron chi connectivity index (χ1n) is 7.59. The molecule has 0 aliphatic heterocycles. The van der Waals surface area contributed by atoms with E-state index in [-0.39, 0.29) is 5.91 Å². The number of pyridine rings is 1. The second-order valence-corrected chi connectivity index (χ2v) is 5.17. The molecule has 0 radical (unpaired) electrons. The van der Waals surface area contributed by atoms with Gasteiger partial charge in [0.25, 0.3) is 0 Å². The van der Waals surface area contributed by atoms with Crippen LogP contribution in [0.3, 0.4) is 0 Å². The SMILES string of the molecule is CCOCCOc1c(Cl)cccc1NC(=O)C=Cc1ccncc1. The minimum Gasteiger partial charge on any atom is -0.487 e. The molecular weight excluding hydrogens is 328 g/mol. The van der Waals surface area contributed by atoms with Gasteiger partial charge < -0.3 is 14.8 Å². The highest BCUT2D eigenvalue weighted by Gasteiger charge is 2.10. The lowest BCUT2D eigenvalue weighted by atomic mass is 10.2. The molecule has 126 valence electrons. The number of nitrogens with one attached hydrogen (secondary N) is 1. The summed E-state index contributed by atoms with van der Waals surface area (Å²) in [5.74, 6) is 0.160. The third-order valence-electron chi connectivity index (χ3n) is 3.04. The molecule has 2 aromatic rings. The Kier molecular flexibility index (Phi) is 7.26. The number of benzene rings is 1. The number of rotatable bonds is 8. The number of nitrogens with zero attached hydrogens (tertiary/aromatic N) is 1. The van der Waals surface area contributed by atoms with Crippen LogP contribution in [0.5, 0.6) is 5.75 Å². The topological polar surface area (TPSA) is 60.5 Å². The summed E-state index contributed by atoms with van der Waals surface area (Å²) in [4.78, 5) is 16.0. The quantitative estimate of drug-likeness (QED) is 0.583. The Morgan fingerprint density at radius 3 is 2.79 bits per heavy atom. The Morgan fingerprint density at radius 1 is 1.25 bits per heavy atom. The fraction of sp³-hybridized carbons (Fsp3) is 0.222. The summed E-state index contributed by atoms with van der Waals surface area (Å²) in [5.41, 5.74) is 1.41. The number of anilines is 1. The smallest absolute Gasteiger partial charge is 0.248 e. The number of para-hydroxylation sites is 1. The monoisotopic (exact) mass is 346 g/mol. The van der Waals surface area contributed by atoms with Gasteiger partial charge in [0.05, 0.1) is 17.3 Å². The highest BCUT2D eigenvalue weighted by Crippen LogP contribution is 2.32. The van der Waals surface area contributed by atoms with Crippen molar-refractivity contribution in [1.29, 1.82) is 0 Å². The Morgan fingerprint density at radius 2 is 2.04 bits per heavy atom. The first-order valence-corrected chi connectivity index (χ1v) is 7.96. The molecule has 0 saturated heterocycles. The van der Waals surface area contributed by atoms with Gasteiger partial charge in [0, 0.05) is 25.1 Å². The molecule has 1 amide bonds. The first-order chi connectivity index (χ1) is 11.7. The van der Waals surface area contributed by atoms with Crippen molar-refractivity contribution < 1.29 is 14.3 Å². The molecule has 0 atom stereocenters. The van der Waals surface area contributed by atoms with Gasteiger partial charge in [-0.3, -0.25) is 9.78 Å². The molecule has 0 aliphatic rings. The van der Waals surface area contributed by atoms with Gasteiger partial charge >= 0.3 is 0 Å². The maximum atomic E-state index is 12.1. The van der Waals surface area contributed by atoms with Crippen LogP contribution in [0.15, 0.2) is 48.8 Å². The van der Waals surface area contributed by atoms with E-state index in [4.69, 9.17) is 21.1 Å². The number of hydrogen-bond donors (Lipinski definition) is 1. The van der Waals surface area contributed by atoms with Crippen molar-refractivity contribution in [1.82, 2.24) is 4.98 Å². The second-order valence-electron chi connectivity index (χ2n) is 4.77. The number of halogens is 1. The van der Waals surface area contributed by atoms with E-state index in [1.807, 2.05) is 19.1 Å². The lowest BCUT2D eigenvalue weighted by Crippen LogP contribution is -2.12. The van der Waals surface area contributed by atoms with Crippen molar-refractivity contribution in [3.63, 3.8) is 0 Å². The first kappa shape index (κ1) is 18.0. The van der Waals surface area contributed by atoms with Crippen LogP contribution in [0.4, 0.5) is 5.69 Å². The zero-order valence-electron chi connectivity index (χ0n) is 13.4. The lowest BCUT2D eigenvalue weighted by molar-refractivity contribution is -0.111. The summed E-state index contributed by atoms with van der Waals surface area (Å²) >= 11 is 6.16. The molecule has 1 heterocycles. The van der Waals surface area contributed by atoms with Crippen molar-refractivity contribution >= 4 is 29.3 Å². The fourth-order valence-corrected chi connectivity index (χ4v) is 2.15. The van der Waals surface area contributed by atoms with Crippen molar-refractivity contribution in [3.8, 4) is 5.75 Å². The minimum absolute atomic E-state index is 0.274. The van der Waals surface area contributed by atoms with Crippen LogP contribution in [0.1, 0.15) is 12.5 Å². The van der Waals surface area contributed by atoms with Gasteiger partial charge in [-0.05, 0) is 42.8 Å². The van der Waals surface area contributed by atoms with Gasteiger partial charge in [0.1, 0.15) is 6.61 Å². The summed E-state index contributed by atoms with van der Waals surface area (Å²) < 4.78 is 10.9. The molecule has 0 bridgehead atoms. The van der Waals surface area contributed by atoms with Gasteiger partial charge in [-0.15, -0.1) is 0 Å². The van der Waals surface area contributed by atoms with Crippen LogP contribution in [-0.2, 0) is 9.53 Å².